The Balaban J connectivity index is 1.58. The van der Waals surface area contributed by atoms with E-state index in [1.807, 2.05) is 19.1 Å². The Kier molecular flexibility index (Phi) is 4.38. The van der Waals surface area contributed by atoms with Crippen molar-refractivity contribution in [3.63, 3.8) is 0 Å². The maximum atomic E-state index is 12.1. The van der Waals surface area contributed by atoms with Gasteiger partial charge in [-0.3, -0.25) is 4.79 Å². The monoisotopic (exact) mass is 355 g/mol. The van der Waals surface area contributed by atoms with Gasteiger partial charge in [0.15, 0.2) is 0 Å². The van der Waals surface area contributed by atoms with Gasteiger partial charge in [0, 0.05) is 18.8 Å². The van der Waals surface area contributed by atoms with Crippen molar-refractivity contribution in [2.45, 2.75) is 57.4 Å². The van der Waals surface area contributed by atoms with Gasteiger partial charge in [0.25, 0.3) is 5.89 Å². The minimum atomic E-state index is -0.749. The maximum Gasteiger partial charge on any atom is 0.251 e. The third-order valence-corrected chi connectivity index (χ3v) is 5.70. The van der Waals surface area contributed by atoms with Gasteiger partial charge in [0.1, 0.15) is 11.2 Å². The number of hydrogen-bond donors (Lipinski definition) is 2. The lowest BCUT2D eigenvalue weighted by Crippen LogP contribution is -2.32. The normalized spacial score (nSPS) is 28.8. The van der Waals surface area contributed by atoms with Gasteiger partial charge in [-0.25, -0.2) is 4.98 Å². The van der Waals surface area contributed by atoms with E-state index in [0.717, 1.165) is 30.1 Å². The van der Waals surface area contributed by atoms with Crippen LogP contribution in [0.3, 0.4) is 0 Å². The van der Waals surface area contributed by atoms with Crippen LogP contribution in [0.15, 0.2) is 22.7 Å². The number of pyridine rings is 1. The van der Waals surface area contributed by atoms with E-state index in [1.165, 1.54) is 12.8 Å². The Morgan fingerprint density at radius 1 is 1.27 bits per heavy atom. The van der Waals surface area contributed by atoms with Crippen molar-refractivity contribution in [1.29, 1.82) is 0 Å². The molecule has 2 aromatic rings. The van der Waals surface area contributed by atoms with E-state index < -0.39 is 5.41 Å². The quantitative estimate of drug-likeness (QED) is 0.876. The standard InChI is InChI=1S/C19H25N5O2/c1-12-5-7-13(8-6-12)22-15-14(4-3-10-20-15)16-23-24-18(26-16)19(2)9-11-21-17(19)25/h3-4,10,12-13H,5-9,11H2,1-2H3,(H,20,22)(H,21,25)/t12?,13?,19-/m1/s1. The number of rotatable bonds is 4. The third kappa shape index (κ3) is 3.06. The summed E-state index contributed by atoms with van der Waals surface area (Å²) in [6.07, 6.45) is 7.18. The van der Waals surface area contributed by atoms with Crippen molar-refractivity contribution >= 4 is 11.7 Å². The Morgan fingerprint density at radius 3 is 2.81 bits per heavy atom. The van der Waals surface area contributed by atoms with E-state index in [4.69, 9.17) is 4.42 Å². The number of carbonyl (C=O) groups excluding carboxylic acids is 1. The predicted octanol–water partition coefficient (Wildman–Crippen LogP) is 2.90. The molecule has 1 saturated carbocycles. The highest BCUT2D eigenvalue weighted by Crippen LogP contribution is 2.34. The van der Waals surface area contributed by atoms with Gasteiger partial charge in [-0.1, -0.05) is 6.92 Å². The van der Waals surface area contributed by atoms with Crippen molar-refractivity contribution in [3.8, 4) is 11.5 Å². The van der Waals surface area contributed by atoms with Gasteiger partial charge in [-0.05, 0) is 57.1 Å². The highest BCUT2D eigenvalue weighted by molar-refractivity contribution is 5.88. The first-order valence-electron chi connectivity index (χ1n) is 9.40. The van der Waals surface area contributed by atoms with Crippen molar-refractivity contribution in [2.24, 2.45) is 5.92 Å². The van der Waals surface area contributed by atoms with Crippen molar-refractivity contribution in [1.82, 2.24) is 20.5 Å². The molecule has 7 heteroatoms. The number of amides is 1. The van der Waals surface area contributed by atoms with Crippen LogP contribution in [0, 0.1) is 5.92 Å². The first kappa shape index (κ1) is 17.0. The van der Waals surface area contributed by atoms with Gasteiger partial charge < -0.3 is 15.1 Å². The molecule has 0 aromatic carbocycles. The Labute approximate surface area is 153 Å². The molecule has 1 aliphatic heterocycles. The molecule has 4 rings (SSSR count). The summed E-state index contributed by atoms with van der Waals surface area (Å²) >= 11 is 0. The summed E-state index contributed by atoms with van der Waals surface area (Å²) in [5, 5.41) is 14.7. The van der Waals surface area contributed by atoms with Crippen LogP contribution in [0.25, 0.3) is 11.5 Å². The summed E-state index contributed by atoms with van der Waals surface area (Å²) < 4.78 is 5.91. The molecule has 0 spiro atoms. The van der Waals surface area contributed by atoms with Gasteiger partial charge in [0.05, 0.1) is 5.56 Å². The van der Waals surface area contributed by atoms with Crippen LogP contribution >= 0.6 is 0 Å². The predicted molar refractivity (Wildman–Crippen MR) is 97.6 cm³/mol. The zero-order valence-electron chi connectivity index (χ0n) is 15.3. The van der Waals surface area contributed by atoms with Gasteiger partial charge in [-0.15, -0.1) is 10.2 Å². The Bertz CT molecular complexity index is 797. The molecule has 0 radical (unpaired) electrons. The second-order valence-corrected chi connectivity index (χ2v) is 7.75. The van der Waals surface area contributed by atoms with Gasteiger partial charge in [0.2, 0.25) is 11.8 Å². The zero-order valence-corrected chi connectivity index (χ0v) is 15.3. The molecule has 2 N–H and O–H groups in total. The fourth-order valence-corrected chi connectivity index (χ4v) is 3.78. The van der Waals surface area contributed by atoms with Crippen LogP contribution in [-0.4, -0.2) is 33.7 Å². The smallest absolute Gasteiger partial charge is 0.251 e. The molecule has 1 aliphatic carbocycles. The molecule has 1 saturated heterocycles. The van der Waals surface area contributed by atoms with Crippen LogP contribution in [0.5, 0.6) is 0 Å². The third-order valence-electron chi connectivity index (χ3n) is 5.70. The molecule has 0 unspecified atom stereocenters. The molecule has 2 aromatic heterocycles. The Morgan fingerprint density at radius 2 is 2.08 bits per heavy atom. The SMILES string of the molecule is CC1CCC(Nc2ncccc2-c2nnc([C@]3(C)CCNC3=O)o2)CC1. The summed E-state index contributed by atoms with van der Waals surface area (Å²) in [5.41, 5.74) is 0.0347. The van der Waals surface area contributed by atoms with E-state index in [2.05, 4.69) is 32.7 Å². The van der Waals surface area contributed by atoms with Crippen LogP contribution in [0.2, 0.25) is 0 Å². The second kappa shape index (κ2) is 6.70. The van der Waals surface area contributed by atoms with Crippen molar-refractivity contribution in [2.75, 3.05) is 11.9 Å². The lowest BCUT2D eigenvalue weighted by molar-refractivity contribution is -0.124. The van der Waals surface area contributed by atoms with Crippen molar-refractivity contribution in [3.05, 3.63) is 24.2 Å². The van der Waals surface area contributed by atoms with Crippen LogP contribution in [-0.2, 0) is 10.2 Å². The van der Waals surface area contributed by atoms with E-state index >= 15 is 0 Å². The number of anilines is 1. The second-order valence-electron chi connectivity index (χ2n) is 7.75. The largest absolute Gasteiger partial charge is 0.419 e. The van der Waals surface area contributed by atoms with Gasteiger partial charge >= 0.3 is 0 Å². The van der Waals surface area contributed by atoms with E-state index in [9.17, 15) is 4.79 Å². The van der Waals surface area contributed by atoms with E-state index in [0.29, 0.717) is 30.8 Å². The fourth-order valence-electron chi connectivity index (χ4n) is 3.78. The first-order valence-corrected chi connectivity index (χ1v) is 9.40. The summed E-state index contributed by atoms with van der Waals surface area (Å²) in [6, 6.07) is 4.20. The van der Waals surface area contributed by atoms with Crippen LogP contribution < -0.4 is 10.6 Å². The molecule has 3 heterocycles. The average molecular weight is 355 g/mol. The number of carbonyl (C=O) groups is 1. The van der Waals surface area contributed by atoms with E-state index in [-0.39, 0.29) is 5.91 Å². The number of nitrogens with one attached hydrogen (secondary N) is 2. The molecule has 1 atom stereocenters. The summed E-state index contributed by atoms with van der Waals surface area (Å²) in [5.74, 6) is 2.27. The summed E-state index contributed by atoms with van der Waals surface area (Å²) in [4.78, 5) is 16.6. The lowest BCUT2D eigenvalue weighted by Gasteiger charge is -2.27. The molecule has 26 heavy (non-hydrogen) atoms. The molecule has 2 fully saturated rings. The zero-order chi connectivity index (χ0) is 18.1. The van der Waals surface area contributed by atoms with E-state index in [1.54, 1.807) is 6.20 Å². The topological polar surface area (TPSA) is 92.9 Å². The lowest BCUT2D eigenvalue weighted by atomic mass is 9.87. The fraction of sp³-hybridized carbons (Fsp3) is 0.579. The highest BCUT2D eigenvalue weighted by Gasteiger charge is 2.44. The molecule has 138 valence electrons. The number of hydrogen-bond acceptors (Lipinski definition) is 6. The minimum Gasteiger partial charge on any atom is -0.419 e. The number of aromatic nitrogens is 3. The van der Waals surface area contributed by atoms with Crippen molar-refractivity contribution < 1.29 is 9.21 Å². The summed E-state index contributed by atoms with van der Waals surface area (Å²) in [7, 11) is 0. The van der Waals surface area contributed by atoms with Gasteiger partial charge in [-0.2, -0.15) is 0 Å². The minimum absolute atomic E-state index is 0.0615. The molecular formula is C19H25N5O2. The van der Waals surface area contributed by atoms with Crippen LogP contribution in [0.4, 0.5) is 5.82 Å². The molecule has 2 aliphatic rings. The molecular weight excluding hydrogens is 330 g/mol. The highest BCUT2D eigenvalue weighted by atomic mass is 16.4. The first-order chi connectivity index (χ1) is 12.6. The maximum absolute atomic E-state index is 12.1. The molecule has 1 amide bonds. The summed E-state index contributed by atoms with van der Waals surface area (Å²) in [6.45, 7) is 4.78. The molecule has 7 nitrogen and oxygen atoms in total. The Hall–Kier alpha value is -2.44. The van der Waals surface area contributed by atoms with Crippen LogP contribution in [0.1, 0.15) is 51.8 Å². The number of nitrogens with zero attached hydrogens (tertiary/aromatic N) is 3. The molecule has 0 bridgehead atoms. The average Bonchev–Trinajstić information content (AvgIpc) is 3.26.